The maximum atomic E-state index is 3.73. The predicted molar refractivity (Wildman–Crippen MR) is 89.4 cm³/mol. The molecule has 0 bridgehead atoms. The molecular formula is C19H30N2. The first kappa shape index (κ1) is 15.1. The van der Waals surface area contributed by atoms with E-state index in [1.54, 1.807) is 0 Å². The topological polar surface area (TPSA) is 15.3 Å². The molecular weight excluding hydrogens is 256 g/mol. The fraction of sp³-hybridized carbons (Fsp3) is 0.684. The standard InChI is InChI=1S/C19H30N2/c1-19(2)15-21(14-16-9-5-3-6-10-16)18(13-20-19)17-11-7-4-8-12-17/h4,7-8,11-12,16,18,20H,3,5-6,9-10,13-15H2,1-2H3. The fourth-order valence-electron chi connectivity index (χ4n) is 4.07. The van der Waals surface area contributed by atoms with E-state index in [-0.39, 0.29) is 5.54 Å². The SMILES string of the molecule is CC1(C)CN(CC2CCCCC2)C(c2ccccc2)CN1. The summed E-state index contributed by atoms with van der Waals surface area (Å²) in [5.74, 6) is 0.916. The molecule has 1 N–H and O–H groups in total. The van der Waals surface area contributed by atoms with Crippen molar-refractivity contribution in [3.05, 3.63) is 35.9 Å². The van der Waals surface area contributed by atoms with Crippen molar-refractivity contribution in [3.63, 3.8) is 0 Å². The lowest BCUT2D eigenvalue weighted by Gasteiger charge is -2.46. The van der Waals surface area contributed by atoms with E-state index in [2.05, 4.69) is 54.4 Å². The minimum atomic E-state index is 0.236. The van der Waals surface area contributed by atoms with E-state index in [9.17, 15) is 0 Å². The number of nitrogens with zero attached hydrogens (tertiary/aromatic N) is 1. The molecule has 1 unspecified atom stereocenters. The van der Waals surface area contributed by atoms with Crippen molar-refractivity contribution in [2.45, 2.75) is 57.5 Å². The number of rotatable bonds is 3. The molecule has 1 heterocycles. The van der Waals surface area contributed by atoms with Crippen molar-refractivity contribution < 1.29 is 0 Å². The third-order valence-electron chi connectivity index (χ3n) is 5.21. The minimum absolute atomic E-state index is 0.236. The van der Waals surface area contributed by atoms with Gasteiger partial charge in [-0.3, -0.25) is 4.90 Å². The van der Waals surface area contributed by atoms with Crippen LogP contribution in [0, 0.1) is 5.92 Å². The number of nitrogens with one attached hydrogen (secondary N) is 1. The molecule has 0 spiro atoms. The van der Waals surface area contributed by atoms with Crippen molar-refractivity contribution in [1.29, 1.82) is 0 Å². The van der Waals surface area contributed by atoms with Crippen LogP contribution in [0.2, 0.25) is 0 Å². The molecule has 0 aromatic heterocycles. The van der Waals surface area contributed by atoms with Gasteiger partial charge in [-0.05, 0) is 38.2 Å². The zero-order valence-corrected chi connectivity index (χ0v) is 13.6. The molecule has 1 aromatic carbocycles. The number of benzene rings is 1. The minimum Gasteiger partial charge on any atom is -0.309 e. The molecule has 2 heteroatoms. The monoisotopic (exact) mass is 286 g/mol. The van der Waals surface area contributed by atoms with Crippen LogP contribution < -0.4 is 5.32 Å². The zero-order chi connectivity index (χ0) is 14.7. The molecule has 116 valence electrons. The number of piperazine rings is 1. The van der Waals surface area contributed by atoms with Gasteiger partial charge in [-0.15, -0.1) is 0 Å². The van der Waals surface area contributed by atoms with Crippen LogP contribution in [0.4, 0.5) is 0 Å². The summed E-state index contributed by atoms with van der Waals surface area (Å²) in [5.41, 5.74) is 1.70. The first-order chi connectivity index (χ1) is 10.1. The van der Waals surface area contributed by atoms with Crippen LogP contribution in [0.15, 0.2) is 30.3 Å². The van der Waals surface area contributed by atoms with Gasteiger partial charge < -0.3 is 5.32 Å². The Hall–Kier alpha value is -0.860. The predicted octanol–water partition coefficient (Wildman–Crippen LogP) is 3.99. The number of hydrogen-bond acceptors (Lipinski definition) is 2. The third-order valence-corrected chi connectivity index (χ3v) is 5.21. The molecule has 2 aliphatic rings. The Morgan fingerprint density at radius 2 is 1.81 bits per heavy atom. The molecule has 1 atom stereocenters. The third kappa shape index (κ3) is 3.87. The second-order valence-corrected chi connectivity index (χ2v) is 7.62. The Labute approximate surface area is 129 Å². The molecule has 0 amide bonds. The molecule has 1 aromatic rings. The van der Waals surface area contributed by atoms with Crippen molar-refractivity contribution >= 4 is 0 Å². The van der Waals surface area contributed by atoms with Crippen LogP contribution in [-0.2, 0) is 0 Å². The highest BCUT2D eigenvalue weighted by Gasteiger charge is 2.34. The molecule has 0 radical (unpaired) electrons. The lowest BCUT2D eigenvalue weighted by Crippen LogP contribution is -2.58. The van der Waals surface area contributed by atoms with Gasteiger partial charge in [-0.25, -0.2) is 0 Å². The molecule has 1 saturated heterocycles. The maximum absolute atomic E-state index is 3.73. The summed E-state index contributed by atoms with van der Waals surface area (Å²) in [5, 5.41) is 3.73. The summed E-state index contributed by atoms with van der Waals surface area (Å²) in [6.07, 6.45) is 7.20. The average Bonchev–Trinajstić information content (AvgIpc) is 2.48. The van der Waals surface area contributed by atoms with Crippen LogP contribution in [0.25, 0.3) is 0 Å². The van der Waals surface area contributed by atoms with Crippen LogP contribution >= 0.6 is 0 Å². The van der Waals surface area contributed by atoms with Crippen molar-refractivity contribution in [2.24, 2.45) is 5.92 Å². The largest absolute Gasteiger partial charge is 0.309 e. The van der Waals surface area contributed by atoms with E-state index in [4.69, 9.17) is 0 Å². The zero-order valence-electron chi connectivity index (χ0n) is 13.6. The second kappa shape index (κ2) is 6.50. The highest BCUT2D eigenvalue weighted by atomic mass is 15.2. The van der Waals surface area contributed by atoms with Crippen LogP contribution in [0.5, 0.6) is 0 Å². The van der Waals surface area contributed by atoms with Crippen molar-refractivity contribution in [2.75, 3.05) is 19.6 Å². The Morgan fingerprint density at radius 3 is 2.52 bits per heavy atom. The summed E-state index contributed by atoms with van der Waals surface area (Å²) < 4.78 is 0. The van der Waals surface area contributed by atoms with E-state index in [0.29, 0.717) is 6.04 Å². The Morgan fingerprint density at radius 1 is 1.10 bits per heavy atom. The van der Waals surface area contributed by atoms with Gasteiger partial charge in [-0.1, -0.05) is 49.6 Å². The molecule has 1 aliphatic heterocycles. The Bertz CT molecular complexity index is 434. The molecule has 2 fully saturated rings. The number of hydrogen-bond donors (Lipinski definition) is 1. The summed E-state index contributed by atoms with van der Waals surface area (Å²) in [6.45, 7) is 8.18. The van der Waals surface area contributed by atoms with Gasteiger partial charge in [-0.2, -0.15) is 0 Å². The van der Waals surface area contributed by atoms with Gasteiger partial charge in [0.2, 0.25) is 0 Å². The van der Waals surface area contributed by atoms with Crippen LogP contribution in [0.3, 0.4) is 0 Å². The van der Waals surface area contributed by atoms with Crippen molar-refractivity contribution in [3.8, 4) is 0 Å². The quantitative estimate of drug-likeness (QED) is 0.904. The normalized spacial score (nSPS) is 27.6. The van der Waals surface area contributed by atoms with E-state index < -0.39 is 0 Å². The lowest BCUT2D eigenvalue weighted by atomic mass is 9.87. The highest BCUT2D eigenvalue weighted by molar-refractivity contribution is 5.20. The first-order valence-corrected chi connectivity index (χ1v) is 8.68. The average molecular weight is 286 g/mol. The molecule has 3 rings (SSSR count). The first-order valence-electron chi connectivity index (χ1n) is 8.68. The van der Waals surface area contributed by atoms with E-state index in [1.807, 2.05) is 0 Å². The Kier molecular flexibility index (Phi) is 4.66. The second-order valence-electron chi connectivity index (χ2n) is 7.62. The lowest BCUT2D eigenvalue weighted by molar-refractivity contribution is 0.0714. The molecule has 1 saturated carbocycles. The van der Waals surface area contributed by atoms with Gasteiger partial charge in [0.15, 0.2) is 0 Å². The maximum Gasteiger partial charge on any atom is 0.0473 e. The van der Waals surface area contributed by atoms with Crippen molar-refractivity contribution in [1.82, 2.24) is 10.2 Å². The Balaban J connectivity index is 1.73. The summed E-state index contributed by atoms with van der Waals surface area (Å²) in [7, 11) is 0. The molecule has 21 heavy (non-hydrogen) atoms. The van der Waals surface area contributed by atoms with E-state index in [0.717, 1.165) is 19.0 Å². The molecule has 1 aliphatic carbocycles. The van der Waals surface area contributed by atoms with Gasteiger partial charge in [0.1, 0.15) is 0 Å². The van der Waals surface area contributed by atoms with E-state index >= 15 is 0 Å². The van der Waals surface area contributed by atoms with Gasteiger partial charge in [0.25, 0.3) is 0 Å². The highest BCUT2D eigenvalue weighted by Crippen LogP contribution is 2.31. The van der Waals surface area contributed by atoms with Crippen LogP contribution in [-0.4, -0.2) is 30.1 Å². The smallest absolute Gasteiger partial charge is 0.0473 e. The van der Waals surface area contributed by atoms with E-state index in [1.165, 1.54) is 44.2 Å². The fourth-order valence-corrected chi connectivity index (χ4v) is 4.07. The summed E-state index contributed by atoms with van der Waals surface area (Å²) in [4.78, 5) is 2.75. The molecule has 2 nitrogen and oxygen atoms in total. The summed E-state index contributed by atoms with van der Waals surface area (Å²) in [6, 6.07) is 11.6. The van der Waals surface area contributed by atoms with Gasteiger partial charge in [0, 0.05) is 31.2 Å². The summed E-state index contributed by atoms with van der Waals surface area (Å²) >= 11 is 0. The van der Waals surface area contributed by atoms with Gasteiger partial charge in [0.05, 0.1) is 0 Å². The van der Waals surface area contributed by atoms with Crippen LogP contribution in [0.1, 0.15) is 57.6 Å². The van der Waals surface area contributed by atoms with Gasteiger partial charge >= 0.3 is 0 Å².